The number of aryl methyl sites for hydroxylation is 1. The minimum atomic E-state index is -0.291. The van der Waals surface area contributed by atoms with Crippen LogP contribution < -0.4 is 15.4 Å². The van der Waals surface area contributed by atoms with Crippen LogP contribution in [0.3, 0.4) is 0 Å². The minimum absolute atomic E-state index is 0.291. The van der Waals surface area contributed by atoms with Crippen molar-refractivity contribution in [2.45, 2.75) is 20.8 Å². The Morgan fingerprint density at radius 2 is 1.70 bits per heavy atom. The zero-order valence-electron chi connectivity index (χ0n) is 15.6. The van der Waals surface area contributed by atoms with E-state index in [9.17, 15) is 4.79 Å². The lowest BCUT2D eigenvalue weighted by Gasteiger charge is -2.12. The van der Waals surface area contributed by atoms with Gasteiger partial charge in [0, 0.05) is 18.1 Å². The molecule has 2 aromatic carbocycles. The van der Waals surface area contributed by atoms with Crippen LogP contribution in [0.1, 0.15) is 28.4 Å². The summed E-state index contributed by atoms with van der Waals surface area (Å²) in [5, 5.41) is 6.01. The van der Waals surface area contributed by atoms with Crippen molar-refractivity contribution in [3.8, 4) is 5.75 Å². The molecule has 27 heavy (non-hydrogen) atoms. The zero-order valence-corrected chi connectivity index (χ0v) is 15.6. The molecular formula is C21H22N4O2. The van der Waals surface area contributed by atoms with E-state index >= 15 is 0 Å². The summed E-state index contributed by atoms with van der Waals surface area (Å²) < 4.78 is 5.52. The molecule has 0 aliphatic carbocycles. The number of hydrogen-bond donors (Lipinski definition) is 2. The van der Waals surface area contributed by atoms with Crippen molar-refractivity contribution >= 4 is 23.2 Å². The Morgan fingerprint density at radius 1 is 1.00 bits per heavy atom. The number of nitrogens with one attached hydrogen (secondary N) is 2. The summed E-state index contributed by atoms with van der Waals surface area (Å²) in [5.41, 5.74) is 4.24. The van der Waals surface area contributed by atoms with Crippen molar-refractivity contribution in [2.24, 2.45) is 0 Å². The van der Waals surface area contributed by atoms with Gasteiger partial charge in [-0.3, -0.25) is 4.79 Å². The van der Waals surface area contributed by atoms with Gasteiger partial charge in [0.15, 0.2) is 0 Å². The highest BCUT2D eigenvalue weighted by Gasteiger charge is 2.11. The van der Waals surface area contributed by atoms with Crippen LogP contribution in [0.15, 0.2) is 54.9 Å². The molecule has 3 rings (SSSR count). The molecule has 138 valence electrons. The molecule has 6 nitrogen and oxygen atoms in total. The molecule has 0 spiro atoms. The van der Waals surface area contributed by atoms with Gasteiger partial charge in [-0.2, -0.15) is 0 Å². The molecule has 0 bridgehead atoms. The first kappa shape index (κ1) is 18.4. The number of hydrogen-bond acceptors (Lipinski definition) is 5. The highest BCUT2D eigenvalue weighted by molar-refractivity contribution is 6.04. The number of ether oxygens (including phenoxy) is 1. The average molecular weight is 362 g/mol. The maximum Gasteiger partial charge on any atom is 0.258 e. The molecular weight excluding hydrogens is 340 g/mol. The van der Waals surface area contributed by atoms with E-state index in [0.717, 1.165) is 11.3 Å². The maximum absolute atomic E-state index is 12.5. The molecule has 1 amide bonds. The fourth-order valence-corrected chi connectivity index (χ4v) is 2.56. The summed E-state index contributed by atoms with van der Waals surface area (Å²) >= 11 is 0. The van der Waals surface area contributed by atoms with Crippen molar-refractivity contribution in [3.63, 3.8) is 0 Å². The second kappa shape index (κ2) is 8.31. The van der Waals surface area contributed by atoms with Crippen LogP contribution >= 0.6 is 0 Å². The monoisotopic (exact) mass is 362 g/mol. The highest BCUT2D eigenvalue weighted by Crippen LogP contribution is 2.24. The van der Waals surface area contributed by atoms with Gasteiger partial charge in [-0.05, 0) is 50.1 Å². The van der Waals surface area contributed by atoms with Crippen molar-refractivity contribution in [1.82, 2.24) is 9.97 Å². The Kier molecular flexibility index (Phi) is 5.66. The third-order valence-electron chi connectivity index (χ3n) is 4.20. The SMILES string of the molecule is CCOc1ccccc1NC(=O)c1cnc(Nc2cccc(C)c2C)nc1. The van der Waals surface area contributed by atoms with Crippen LogP contribution in [-0.4, -0.2) is 22.5 Å². The fraction of sp³-hybridized carbons (Fsp3) is 0.190. The van der Waals surface area contributed by atoms with E-state index in [1.165, 1.54) is 18.0 Å². The van der Waals surface area contributed by atoms with Gasteiger partial charge in [0.1, 0.15) is 5.75 Å². The summed E-state index contributed by atoms with van der Waals surface area (Å²) in [7, 11) is 0. The molecule has 0 fully saturated rings. The molecule has 0 atom stereocenters. The number of carbonyl (C=O) groups excluding carboxylic acids is 1. The summed E-state index contributed by atoms with van der Waals surface area (Å²) in [6.45, 7) is 6.51. The first-order valence-electron chi connectivity index (χ1n) is 8.77. The molecule has 0 unspecified atom stereocenters. The van der Waals surface area contributed by atoms with Crippen LogP contribution in [0.2, 0.25) is 0 Å². The summed E-state index contributed by atoms with van der Waals surface area (Å²) in [5.74, 6) is 0.776. The van der Waals surface area contributed by atoms with Gasteiger partial charge in [0.2, 0.25) is 5.95 Å². The van der Waals surface area contributed by atoms with Crippen LogP contribution in [-0.2, 0) is 0 Å². The van der Waals surface area contributed by atoms with Gasteiger partial charge in [-0.1, -0.05) is 24.3 Å². The van der Waals surface area contributed by atoms with E-state index in [1.54, 1.807) is 6.07 Å². The highest BCUT2D eigenvalue weighted by atomic mass is 16.5. The lowest BCUT2D eigenvalue weighted by atomic mass is 10.1. The summed E-state index contributed by atoms with van der Waals surface area (Å²) in [4.78, 5) is 21.0. The molecule has 0 aliphatic rings. The van der Waals surface area contributed by atoms with Crippen LogP contribution in [0.4, 0.5) is 17.3 Å². The van der Waals surface area contributed by atoms with Crippen LogP contribution in [0.5, 0.6) is 5.75 Å². The Hall–Kier alpha value is -3.41. The Bertz CT molecular complexity index is 939. The van der Waals surface area contributed by atoms with E-state index in [-0.39, 0.29) is 5.91 Å². The van der Waals surface area contributed by atoms with Crippen molar-refractivity contribution < 1.29 is 9.53 Å². The first-order chi connectivity index (χ1) is 13.1. The van der Waals surface area contributed by atoms with E-state index in [2.05, 4.69) is 33.6 Å². The van der Waals surface area contributed by atoms with E-state index in [0.29, 0.717) is 29.6 Å². The normalized spacial score (nSPS) is 10.3. The van der Waals surface area contributed by atoms with Crippen molar-refractivity contribution in [3.05, 3.63) is 71.5 Å². The third-order valence-corrected chi connectivity index (χ3v) is 4.20. The molecule has 0 radical (unpaired) electrons. The van der Waals surface area contributed by atoms with E-state index in [4.69, 9.17) is 4.74 Å². The summed E-state index contributed by atoms with van der Waals surface area (Å²) in [6, 6.07) is 13.3. The second-order valence-corrected chi connectivity index (χ2v) is 6.05. The lowest BCUT2D eigenvalue weighted by molar-refractivity contribution is 0.102. The molecule has 2 N–H and O–H groups in total. The van der Waals surface area contributed by atoms with Gasteiger partial charge >= 0.3 is 0 Å². The van der Waals surface area contributed by atoms with E-state index < -0.39 is 0 Å². The molecule has 0 saturated heterocycles. The second-order valence-electron chi connectivity index (χ2n) is 6.05. The molecule has 1 heterocycles. The van der Waals surface area contributed by atoms with Crippen molar-refractivity contribution in [2.75, 3.05) is 17.2 Å². The number of para-hydroxylation sites is 2. The predicted octanol–water partition coefficient (Wildman–Crippen LogP) is 4.49. The average Bonchev–Trinajstić information content (AvgIpc) is 2.68. The van der Waals surface area contributed by atoms with Crippen LogP contribution in [0.25, 0.3) is 0 Å². The Morgan fingerprint density at radius 3 is 2.44 bits per heavy atom. The van der Waals surface area contributed by atoms with Gasteiger partial charge in [-0.25, -0.2) is 9.97 Å². The first-order valence-corrected chi connectivity index (χ1v) is 8.77. The van der Waals surface area contributed by atoms with Gasteiger partial charge in [0.25, 0.3) is 5.91 Å². The number of nitrogens with zero attached hydrogens (tertiary/aromatic N) is 2. The van der Waals surface area contributed by atoms with Crippen molar-refractivity contribution in [1.29, 1.82) is 0 Å². The number of carbonyl (C=O) groups is 1. The topological polar surface area (TPSA) is 76.1 Å². The van der Waals surface area contributed by atoms with Crippen LogP contribution in [0, 0.1) is 13.8 Å². The number of amides is 1. The Balaban J connectivity index is 1.72. The fourth-order valence-electron chi connectivity index (χ4n) is 2.56. The molecule has 0 saturated carbocycles. The van der Waals surface area contributed by atoms with E-state index in [1.807, 2.05) is 44.2 Å². The Labute approximate surface area is 158 Å². The molecule has 6 heteroatoms. The number of anilines is 3. The number of aromatic nitrogens is 2. The summed E-state index contributed by atoms with van der Waals surface area (Å²) in [6.07, 6.45) is 3.00. The number of benzene rings is 2. The lowest BCUT2D eigenvalue weighted by Crippen LogP contribution is -2.14. The molecule has 0 aliphatic heterocycles. The third kappa shape index (κ3) is 4.41. The largest absolute Gasteiger partial charge is 0.492 e. The standard InChI is InChI=1S/C21H22N4O2/c1-4-27-19-11-6-5-9-18(19)24-20(26)16-12-22-21(23-13-16)25-17-10-7-8-14(2)15(17)3/h5-13H,4H2,1-3H3,(H,24,26)(H,22,23,25). The maximum atomic E-state index is 12.5. The molecule has 3 aromatic rings. The van der Waals surface area contributed by atoms with Gasteiger partial charge < -0.3 is 15.4 Å². The minimum Gasteiger partial charge on any atom is -0.492 e. The zero-order chi connectivity index (χ0) is 19.2. The number of rotatable bonds is 6. The quantitative estimate of drug-likeness (QED) is 0.676. The molecule has 1 aromatic heterocycles. The smallest absolute Gasteiger partial charge is 0.258 e. The van der Waals surface area contributed by atoms with Gasteiger partial charge in [0.05, 0.1) is 17.9 Å². The van der Waals surface area contributed by atoms with Gasteiger partial charge in [-0.15, -0.1) is 0 Å². The predicted molar refractivity (Wildman–Crippen MR) is 107 cm³/mol.